The molecule has 0 radical (unpaired) electrons. The maximum Gasteiger partial charge on any atom is 0.130 e. The lowest BCUT2D eigenvalue weighted by molar-refractivity contribution is 0.0979. The molecule has 1 aliphatic heterocycles. The molecule has 2 saturated carbocycles. The third-order valence-corrected chi connectivity index (χ3v) is 5.27. The van der Waals surface area contributed by atoms with E-state index in [4.69, 9.17) is 0 Å². The van der Waals surface area contributed by atoms with Gasteiger partial charge in [0.1, 0.15) is 11.6 Å². The van der Waals surface area contributed by atoms with Crippen molar-refractivity contribution in [1.29, 1.82) is 0 Å². The third-order valence-electron chi connectivity index (χ3n) is 5.27. The zero-order valence-corrected chi connectivity index (χ0v) is 12.2. The zero-order chi connectivity index (χ0) is 14.4. The van der Waals surface area contributed by atoms with Crippen LogP contribution in [-0.4, -0.2) is 30.1 Å². The molecule has 3 aliphatic rings. The van der Waals surface area contributed by atoms with E-state index in [1.807, 2.05) is 0 Å². The minimum Gasteiger partial charge on any atom is -0.311 e. The number of halogens is 2. The van der Waals surface area contributed by atoms with Gasteiger partial charge in [-0.2, -0.15) is 0 Å². The first-order valence-electron chi connectivity index (χ1n) is 8.12. The van der Waals surface area contributed by atoms with Crippen molar-refractivity contribution < 1.29 is 8.78 Å². The largest absolute Gasteiger partial charge is 0.311 e. The second-order valence-corrected chi connectivity index (χ2v) is 6.89. The van der Waals surface area contributed by atoms with E-state index in [-0.39, 0.29) is 5.56 Å². The van der Waals surface area contributed by atoms with Crippen molar-refractivity contribution in [3.05, 3.63) is 35.4 Å². The molecule has 1 heterocycles. The minimum atomic E-state index is -0.411. The van der Waals surface area contributed by atoms with E-state index in [9.17, 15) is 8.78 Å². The Bertz CT molecular complexity index is 505. The molecule has 114 valence electrons. The highest BCUT2D eigenvalue weighted by Gasteiger charge is 2.42. The van der Waals surface area contributed by atoms with Gasteiger partial charge in [-0.05, 0) is 49.7 Å². The van der Waals surface area contributed by atoms with Gasteiger partial charge in [-0.25, -0.2) is 8.78 Å². The Kier molecular flexibility index (Phi) is 3.46. The van der Waals surface area contributed by atoms with Crippen molar-refractivity contribution in [2.45, 2.75) is 44.3 Å². The molecular formula is C17H22F2N2. The van der Waals surface area contributed by atoms with Crippen molar-refractivity contribution in [2.75, 3.05) is 13.1 Å². The Morgan fingerprint density at radius 3 is 2.33 bits per heavy atom. The molecule has 2 aliphatic carbocycles. The first-order chi connectivity index (χ1) is 10.2. The summed E-state index contributed by atoms with van der Waals surface area (Å²) in [5, 5.41) is 3.67. The lowest BCUT2D eigenvalue weighted by Crippen LogP contribution is -2.57. The number of benzene rings is 1. The highest BCUT2D eigenvalue weighted by molar-refractivity contribution is 5.20. The molecule has 1 aromatic rings. The number of rotatable bonds is 4. The number of hydrogen-bond donors (Lipinski definition) is 1. The third kappa shape index (κ3) is 2.84. The van der Waals surface area contributed by atoms with Crippen LogP contribution in [-0.2, 0) is 6.54 Å². The standard InChI is InChI=1S/C17H22F2N2/c18-14-2-1-3-15(19)13(14)9-21-10-16(11-4-5-11)20-8-17(21)12-6-7-12/h1-3,11-12,16-17,20H,4-10H2. The van der Waals surface area contributed by atoms with Gasteiger partial charge in [0.2, 0.25) is 0 Å². The first-order valence-corrected chi connectivity index (χ1v) is 8.12. The number of piperazine rings is 1. The number of nitrogens with one attached hydrogen (secondary N) is 1. The van der Waals surface area contributed by atoms with Crippen molar-refractivity contribution >= 4 is 0 Å². The Balaban J connectivity index is 1.54. The quantitative estimate of drug-likeness (QED) is 0.918. The fourth-order valence-electron chi connectivity index (χ4n) is 3.68. The van der Waals surface area contributed by atoms with Gasteiger partial charge in [-0.3, -0.25) is 4.90 Å². The van der Waals surface area contributed by atoms with Gasteiger partial charge in [0, 0.05) is 37.3 Å². The first kappa shape index (κ1) is 13.6. The molecule has 21 heavy (non-hydrogen) atoms. The van der Waals surface area contributed by atoms with Crippen LogP contribution in [0.3, 0.4) is 0 Å². The summed E-state index contributed by atoms with van der Waals surface area (Å²) in [6.45, 7) is 2.31. The summed E-state index contributed by atoms with van der Waals surface area (Å²) >= 11 is 0. The smallest absolute Gasteiger partial charge is 0.130 e. The van der Waals surface area contributed by atoms with E-state index in [0.29, 0.717) is 24.5 Å². The maximum absolute atomic E-state index is 13.9. The SMILES string of the molecule is Fc1cccc(F)c1CN1CC(C2CC2)NCC1C1CC1. The second kappa shape index (κ2) is 5.33. The molecule has 4 heteroatoms. The van der Waals surface area contributed by atoms with Crippen LogP contribution >= 0.6 is 0 Å². The minimum absolute atomic E-state index is 0.236. The maximum atomic E-state index is 13.9. The van der Waals surface area contributed by atoms with E-state index in [1.165, 1.54) is 43.9 Å². The van der Waals surface area contributed by atoms with Crippen LogP contribution in [0.4, 0.5) is 8.78 Å². The van der Waals surface area contributed by atoms with Gasteiger partial charge in [0.05, 0.1) is 0 Å². The van der Waals surface area contributed by atoms with Gasteiger partial charge in [-0.15, -0.1) is 0 Å². The summed E-state index contributed by atoms with van der Waals surface area (Å²) in [4.78, 5) is 2.33. The lowest BCUT2D eigenvalue weighted by atomic mass is 10.0. The van der Waals surface area contributed by atoms with Crippen LogP contribution in [0.5, 0.6) is 0 Å². The fourth-order valence-corrected chi connectivity index (χ4v) is 3.68. The average molecular weight is 292 g/mol. The Hall–Kier alpha value is -1.00. The number of nitrogens with zero attached hydrogens (tertiary/aromatic N) is 1. The van der Waals surface area contributed by atoms with Crippen molar-refractivity contribution in [3.63, 3.8) is 0 Å². The highest BCUT2D eigenvalue weighted by Crippen LogP contribution is 2.40. The summed E-state index contributed by atoms with van der Waals surface area (Å²) in [7, 11) is 0. The van der Waals surface area contributed by atoms with Gasteiger partial charge >= 0.3 is 0 Å². The molecule has 2 atom stereocenters. The summed E-state index contributed by atoms with van der Waals surface area (Å²) < 4.78 is 27.9. The van der Waals surface area contributed by atoms with Crippen LogP contribution in [0.25, 0.3) is 0 Å². The second-order valence-electron chi connectivity index (χ2n) is 6.89. The summed E-state index contributed by atoms with van der Waals surface area (Å²) in [5.74, 6) is 0.669. The van der Waals surface area contributed by atoms with Crippen LogP contribution in [0, 0.1) is 23.5 Å². The normalized spacial score (nSPS) is 30.6. The van der Waals surface area contributed by atoms with Crippen LogP contribution in [0.1, 0.15) is 31.2 Å². The lowest BCUT2D eigenvalue weighted by Gasteiger charge is -2.41. The molecule has 1 saturated heterocycles. The predicted molar refractivity (Wildman–Crippen MR) is 77.8 cm³/mol. The van der Waals surface area contributed by atoms with E-state index in [2.05, 4.69) is 10.2 Å². The monoisotopic (exact) mass is 292 g/mol. The Morgan fingerprint density at radius 2 is 1.71 bits per heavy atom. The Morgan fingerprint density at radius 1 is 1.05 bits per heavy atom. The molecule has 2 unspecified atom stereocenters. The fraction of sp³-hybridized carbons (Fsp3) is 0.647. The topological polar surface area (TPSA) is 15.3 Å². The van der Waals surface area contributed by atoms with Crippen molar-refractivity contribution in [2.24, 2.45) is 11.8 Å². The van der Waals surface area contributed by atoms with Gasteiger partial charge in [0.25, 0.3) is 0 Å². The van der Waals surface area contributed by atoms with Crippen molar-refractivity contribution in [3.8, 4) is 0 Å². The molecule has 0 aromatic heterocycles. The predicted octanol–water partition coefficient (Wildman–Crippen LogP) is 2.93. The van der Waals surface area contributed by atoms with Gasteiger partial charge in [-0.1, -0.05) is 6.07 Å². The van der Waals surface area contributed by atoms with E-state index in [0.717, 1.165) is 19.0 Å². The van der Waals surface area contributed by atoms with E-state index >= 15 is 0 Å². The molecule has 4 rings (SSSR count). The van der Waals surface area contributed by atoms with Gasteiger partial charge in [0.15, 0.2) is 0 Å². The molecule has 2 nitrogen and oxygen atoms in total. The molecule has 0 spiro atoms. The molecule has 0 amide bonds. The summed E-state index contributed by atoms with van der Waals surface area (Å²) in [5.41, 5.74) is 0.236. The average Bonchev–Trinajstić information content (AvgIpc) is 3.36. The van der Waals surface area contributed by atoms with Gasteiger partial charge < -0.3 is 5.32 Å². The molecule has 0 bridgehead atoms. The van der Waals surface area contributed by atoms with Crippen LogP contribution in [0.15, 0.2) is 18.2 Å². The van der Waals surface area contributed by atoms with Crippen LogP contribution in [0.2, 0.25) is 0 Å². The highest BCUT2D eigenvalue weighted by atomic mass is 19.1. The molecule has 3 fully saturated rings. The van der Waals surface area contributed by atoms with E-state index in [1.54, 1.807) is 0 Å². The molecular weight excluding hydrogens is 270 g/mol. The van der Waals surface area contributed by atoms with Crippen molar-refractivity contribution in [1.82, 2.24) is 10.2 Å². The molecule has 1 N–H and O–H groups in total. The van der Waals surface area contributed by atoms with E-state index < -0.39 is 11.6 Å². The number of hydrogen-bond acceptors (Lipinski definition) is 2. The van der Waals surface area contributed by atoms with Crippen LogP contribution < -0.4 is 5.32 Å². The summed E-state index contributed by atoms with van der Waals surface area (Å²) in [6.07, 6.45) is 5.12. The summed E-state index contributed by atoms with van der Waals surface area (Å²) in [6, 6.07) is 5.13. The zero-order valence-electron chi connectivity index (χ0n) is 12.2. The molecule has 1 aromatic carbocycles. The Labute approximate surface area is 124 Å².